The van der Waals surface area contributed by atoms with Crippen LogP contribution >= 0.6 is 0 Å². The van der Waals surface area contributed by atoms with E-state index in [0.717, 1.165) is 5.92 Å². The molecular formula is C12H19NO2. The number of carbonyl (C=O) groups is 1. The number of carbonyl (C=O) groups excluding carboxylic acids is 1. The topological polar surface area (TPSA) is 38.3 Å². The summed E-state index contributed by atoms with van der Waals surface area (Å²) >= 11 is 0. The minimum Gasteiger partial charge on any atom is -0.383 e. The second kappa shape index (κ2) is 4.79. The Bertz CT molecular complexity index is 262. The molecule has 0 spiro atoms. The van der Waals surface area contributed by atoms with Crippen LogP contribution in [-0.2, 0) is 9.53 Å². The maximum Gasteiger partial charge on any atom is 0.220 e. The molecular weight excluding hydrogens is 190 g/mol. The van der Waals surface area contributed by atoms with Gasteiger partial charge >= 0.3 is 0 Å². The van der Waals surface area contributed by atoms with E-state index in [9.17, 15) is 4.79 Å². The number of fused-ring (bicyclic) bond motifs is 2. The Labute approximate surface area is 90.9 Å². The molecule has 0 aromatic carbocycles. The third-order valence-electron chi connectivity index (χ3n) is 3.49. The van der Waals surface area contributed by atoms with Gasteiger partial charge in [0.1, 0.15) is 0 Å². The third kappa shape index (κ3) is 2.59. The molecule has 3 heteroatoms. The summed E-state index contributed by atoms with van der Waals surface area (Å²) < 4.78 is 4.89. The molecule has 1 fully saturated rings. The van der Waals surface area contributed by atoms with E-state index in [4.69, 9.17) is 4.74 Å². The SMILES string of the molecule is COCCNC(=O)CC1CC2C=CC1C2. The fourth-order valence-corrected chi connectivity index (χ4v) is 2.73. The Balaban J connectivity index is 1.69. The highest BCUT2D eigenvalue weighted by Crippen LogP contribution is 2.44. The van der Waals surface area contributed by atoms with Crippen LogP contribution in [0, 0.1) is 17.8 Å². The highest BCUT2D eigenvalue weighted by atomic mass is 16.5. The summed E-state index contributed by atoms with van der Waals surface area (Å²) in [7, 11) is 1.65. The average Bonchev–Trinajstić information content (AvgIpc) is 2.79. The number of rotatable bonds is 5. The Kier molecular flexibility index (Phi) is 3.41. The molecule has 2 aliphatic carbocycles. The maximum absolute atomic E-state index is 11.6. The first-order chi connectivity index (χ1) is 7.29. The second-order valence-electron chi connectivity index (χ2n) is 4.59. The smallest absolute Gasteiger partial charge is 0.220 e. The Hall–Kier alpha value is -0.830. The summed E-state index contributed by atoms with van der Waals surface area (Å²) in [6, 6.07) is 0. The highest BCUT2D eigenvalue weighted by molar-refractivity contribution is 5.76. The lowest BCUT2D eigenvalue weighted by Gasteiger charge is -2.17. The Morgan fingerprint density at radius 1 is 1.47 bits per heavy atom. The lowest BCUT2D eigenvalue weighted by Crippen LogP contribution is -2.29. The molecule has 0 aliphatic heterocycles. The van der Waals surface area contributed by atoms with E-state index in [2.05, 4.69) is 17.5 Å². The summed E-state index contributed by atoms with van der Waals surface area (Å²) in [4.78, 5) is 11.6. The highest BCUT2D eigenvalue weighted by Gasteiger charge is 2.36. The summed E-state index contributed by atoms with van der Waals surface area (Å²) in [6.45, 7) is 1.23. The summed E-state index contributed by atoms with van der Waals surface area (Å²) in [5, 5.41) is 2.88. The van der Waals surface area contributed by atoms with Crippen LogP contribution < -0.4 is 5.32 Å². The van der Waals surface area contributed by atoms with Crippen molar-refractivity contribution in [3.8, 4) is 0 Å². The number of amides is 1. The largest absolute Gasteiger partial charge is 0.383 e. The lowest BCUT2D eigenvalue weighted by atomic mass is 9.90. The number of hydrogen-bond donors (Lipinski definition) is 1. The van der Waals surface area contributed by atoms with E-state index >= 15 is 0 Å². The van der Waals surface area contributed by atoms with Crippen molar-refractivity contribution in [2.24, 2.45) is 17.8 Å². The zero-order chi connectivity index (χ0) is 10.7. The van der Waals surface area contributed by atoms with E-state index in [-0.39, 0.29) is 5.91 Å². The first kappa shape index (κ1) is 10.7. The van der Waals surface area contributed by atoms with Gasteiger partial charge < -0.3 is 10.1 Å². The van der Waals surface area contributed by atoms with Gasteiger partial charge in [-0.3, -0.25) is 4.79 Å². The van der Waals surface area contributed by atoms with Crippen LogP contribution in [0.15, 0.2) is 12.2 Å². The second-order valence-corrected chi connectivity index (χ2v) is 4.59. The minimum atomic E-state index is 0.179. The van der Waals surface area contributed by atoms with Gasteiger partial charge in [-0.1, -0.05) is 12.2 Å². The number of nitrogens with one attached hydrogen (secondary N) is 1. The van der Waals surface area contributed by atoms with Crippen LogP contribution in [-0.4, -0.2) is 26.2 Å². The fraction of sp³-hybridized carbons (Fsp3) is 0.750. The number of allylic oxidation sites excluding steroid dienone is 2. The first-order valence-electron chi connectivity index (χ1n) is 5.73. The van der Waals surface area contributed by atoms with E-state index in [1.54, 1.807) is 7.11 Å². The molecule has 2 aliphatic rings. The molecule has 1 saturated carbocycles. The molecule has 84 valence electrons. The van der Waals surface area contributed by atoms with Crippen LogP contribution in [0.25, 0.3) is 0 Å². The van der Waals surface area contributed by atoms with Crippen LogP contribution in [0.2, 0.25) is 0 Å². The maximum atomic E-state index is 11.6. The van der Waals surface area contributed by atoms with Gasteiger partial charge in [0, 0.05) is 20.1 Å². The number of ether oxygens (including phenoxy) is 1. The predicted molar refractivity (Wildman–Crippen MR) is 58.3 cm³/mol. The van der Waals surface area contributed by atoms with Gasteiger partial charge in [0.25, 0.3) is 0 Å². The van der Waals surface area contributed by atoms with Crippen LogP contribution in [0.4, 0.5) is 0 Å². The van der Waals surface area contributed by atoms with Crippen molar-refractivity contribution in [2.45, 2.75) is 19.3 Å². The molecule has 3 atom stereocenters. The zero-order valence-electron chi connectivity index (χ0n) is 9.24. The summed E-state index contributed by atoms with van der Waals surface area (Å²) in [6.07, 6.45) is 7.77. The van der Waals surface area contributed by atoms with E-state index in [1.165, 1.54) is 12.8 Å². The fourth-order valence-electron chi connectivity index (χ4n) is 2.73. The Morgan fingerprint density at radius 3 is 2.93 bits per heavy atom. The average molecular weight is 209 g/mol. The normalized spacial score (nSPS) is 32.2. The third-order valence-corrected chi connectivity index (χ3v) is 3.49. The van der Waals surface area contributed by atoms with E-state index < -0.39 is 0 Å². The minimum absolute atomic E-state index is 0.179. The first-order valence-corrected chi connectivity index (χ1v) is 5.73. The predicted octanol–water partition coefficient (Wildman–Crippen LogP) is 1.35. The van der Waals surface area contributed by atoms with Gasteiger partial charge in [-0.15, -0.1) is 0 Å². The van der Waals surface area contributed by atoms with Crippen molar-refractivity contribution in [1.82, 2.24) is 5.32 Å². The molecule has 0 radical (unpaired) electrons. The standard InChI is InChI=1S/C12H19NO2/c1-15-5-4-13-12(14)8-11-7-9-2-3-10(11)6-9/h2-3,9-11H,4-8H2,1H3,(H,13,14). The van der Waals surface area contributed by atoms with Gasteiger partial charge in [0.15, 0.2) is 0 Å². The summed E-state index contributed by atoms with van der Waals surface area (Å²) in [5.41, 5.74) is 0. The van der Waals surface area contributed by atoms with Crippen molar-refractivity contribution in [2.75, 3.05) is 20.3 Å². The zero-order valence-corrected chi connectivity index (χ0v) is 9.24. The number of hydrogen-bond acceptors (Lipinski definition) is 2. The number of methoxy groups -OCH3 is 1. The summed E-state index contributed by atoms with van der Waals surface area (Å²) in [5.74, 6) is 2.19. The lowest BCUT2D eigenvalue weighted by molar-refractivity contribution is -0.122. The molecule has 0 aromatic rings. The van der Waals surface area contributed by atoms with Gasteiger partial charge in [-0.05, 0) is 30.6 Å². The molecule has 3 nitrogen and oxygen atoms in total. The molecule has 1 amide bonds. The van der Waals surface area contributed by atoms with Crippen molar-refractivity contribution >= 4 is 5.91 Å². The van der Waals surface area contributed by atoms with E-state index in [1.807, 2.05) is 0 Å². The molecule has 1 N–H and O–H groups in total. The van der Waals surface area contributed by atoms with Crippen molar-refractivity contribution < 1.29 is 9.53 Å². The monoisotopic (exact) mass is 209 g/mol. The van der Waals surface area contributed by atoms with Gasteiger partial charge in [-0.25, -0.2) is 0 Å². The molecule has 15 heavy (non-hydrogen) atoms. The molecule has 3 unspecified atom stereocenters. The van der Waals surface area contributed by atoms with Crippen molar-refractivity contribution in [3.05, 3.63) is 12.2 Å². The molecule has 2 rings (SSSR count). The van der Waals surface area contributed by atoms with Crippen LogP contribution in [0.3, 0.4) is 0 Å². The molecule has 0 saturated heterocycles. The molecule has 0 heterocycles. The molecule has 0 aromatic heterocycles. The van der Waals surface area contributed by atoms with Crippen LogP contribution in [0.1, 0.15) is 19.3 Å². The van der Waals surface area contributed by atoms with E-state index in [0.29, 0.717) is 31.4 Å². The van der Waals surface area contributed by atoms with Crippen molar-refractivity contribution in [3.63, 3.8) is 0 Å². The van der Waals surface area contributed by atoms with Crippen LogP contribution in [0.5, 0.6) is 0 Å². The Morgan fingerprint density at radius 2 is 2.33 bits per heavy atom. The quantitative estimate of drug-likeness (QED) is 0.548. The van der Waals surface area contributed by atoms with Gasteiger partial charge in [0.05, 0.1) is 6.61 Å². The van der Waals surface area contributed by atoms with Gasteiger partial charge in [0.2, 0.25) is 5.91 Å². The van der Waals surface area contributed by atoms with Gasteiger partial charge in [-0.2, -0.15) is 0 Å². The van der Waals surface area contributed by atoms with Crippen molar-refractivity contribution in [1.29, 1.82) is 0 Å². The molecule has 2 bridgehead atoms.